The molecule has 0 fully saturated rings. The first-order chi connectivity index (χ1) is 5.00. The zero-order chi connectivity index (χ0) is 7.07. The molecule has 0 saturated carbocycles. The van der Waals surface area contributed by atoms with Crippen molar-refractivity contribution in [1.82, 2.24) is 0 Å². The average Bonchev–Trinajstić information content (AvgIpc) is 2.67. The predicted octanol–water partition coefficient (Wildman–Crippen LogP) is 2.43. The van der Waals surface area contributed by atoms with Crippen molar-refractivity contribution < 1.29 is 0 Å². The summed E-state index contributed by atoms with van der Waals surface area (Å²) < 4.78 is 0. The maximum atomic E-state index is 2.00. The van der Waals surface area contributed by atoms with Gasteiger partial charge in [-0.1, -0.05) is 0 Å². The van der Waals surface area contributed by atoms with E-state index in [2.05, 4.69) is 0 Å². The third-order valence-corrected chi connectivity index (χ3v) is 1.11. The molecular weight excluding hydrogens is 327 g/mol. The third-order valence-electron chi connectivity index (χ3n) is 1.11. The molecule has 2 radical (unpaired) electrons. The fourth-order valence-corrected chi connectivity index (χ4v) is 0.642. The van der Waals surface area contributed by atoms with Crippen molar-refractivity contribution in [3.05, 3.63) is 60.7 Å². The molecule has 0 spiro atoms. The average molecular weight is 337 g/mol. The summed E-state index contributed by atoms with van der Waals surface area (Å²) in [6.07, 6.45) is 0. The Morgan fingerprint density at radius 2 is 0.818 bits per heavy atom. The van der Waals surface area contributed by atoms with Gasteiger partial charge in [0, 0.05) is 0 Å². The molecule has 11 heavy (non-hydrogen) atoms. The first kappa shape index (κ1) is 10.6. The topological polar surface area (TPSA) is 0 Å². The molecular formula is C10H10Pb. The first-order valence-electron chi connectivity index (χ1n) is 3.33. The van der Waals surface area contributed by atoms with Crippen LogP contribution >= 0.6 is 0 Å². The van der Waals surface area contributed by atoms with Crippen LogP contribution in [0, 0.1) is 0 Å². The second-order valence-electron chi connectivity index (χ2n) is 1.92. The molecule has 2 aromatic rings. The minimum atomic E-state index is 0. The SMILES string of the molecule is [Pb+2].c1cc[cH-]c1.c1cc[cH-]c1. The van der Waals surface area contributed by atoms with Gasteiger partial charge < -0.3 is 0 Å². The van der Waals surface area contributed by atoms with Gasteiger partial charge in [-0.25, -0.2) is 24.3 Å². The normalized spacial score (nSPS) is 7.27. The van der Waals surface area contributed by atoms with Crippen molar-refractivity contribution in [2.24, 2.45) is 0 Å². The predicted molar refractivity (Wildman–Crippen MR) is 49.8 cm³/mol. The van der Waals surface area contributed by atoms with Gasteiger partial charge >= 0.3 is 27.3 Å². The third kappa shape index (κ3) is 6.04. The van der Waals surface area contributed by atoms with Crippen molar-refractivity contribution in [2.45, 2.75) is 0 Å². The summed E-state index contributed by atoms with van der Waals surface area (Å²) in [5.74, 6) is 0. The van der Waals surface area contributed by atoms with E-state index < -0.39 is 0 Å². The van der Waals surface area contributed by atoms with Gasteiger partial charge in [0.25, 0.3) is 0 Å². The molecule has 2 rings (SSSR count). The number of hydrogen-bond acceptors (Lipinski definition) is 0. The van der Waals surface area contributed by atoms with Crippen LogP contribution in [-0.2, 0) is 0 Å². The van der Waals surface area contributed by atoms with E-state index in [1.807, 2.05) is 60.7 Å². The monoisotopic (exact) mass is 338 g/mol. The quantitative estimate of drug-likeness (QED) is 0.512. The van der Waals surface area contributed by atoms with E-state index >= 15 is 0 Å². The fraction of sp³-hybridized carbons (Fsp3) is 0. The van der Waals surface area contributed by atoms with Gasteiger partial charge in [0.1, 0.15) is 0 Å². The first-order valence-corrected chi connectivity index (χ1v) is 3.33. The van der Waals surface area contributed by atoms with Crippen LogP contribution in [0.4, 0.5) is 0 Å². The molecule has 2 aromatic carbocycles. The zero-order valence-electron chi connectivity index (χ0n) is 6.27. The van der Waals surface area contributed by atoms with E-state index in [4.69, 9.17) is 0 Å². The van der Waals surface area contributed by atoms with Crippen LogP contribution in [0.15, 0.2) is 60.7 Å². The minimum absolute atomic E-state index is 0. The molecule has 0 aromatic heterocycles. The van der Waals surface area contributed by atoms with Crippen molar-refractivity contribution in [3.63, 3.8) is 0 Å². The Kier molecular flexibility index (Phi) is 7.46. The summed E-state index contributed by atoms with van der Waals surface area (Å²) >= 11 is 0. The van der Waals surface area contributed by atoms with Gasteiger partial charge in [-0.05, 0) is 0 Å². The van der Waals surface area contributed by atoms with Gasteiger partial charge in [0.15, 0.2) is 0 Å². The molecule has 0 unspecified atom stereocenters. The van der Waals surface area contributed by atoms with Crippen LogP contribution in [0.3, 0.4) is 0 Å². The van der Waals surface area contributed by atoms with E-state index in [1.165, 1.54) is 0 Å². The Labute approximate surface area is 87.8 Å². The molecule has 1 heteroatoms. The molecule has 0 aliphatic carbocycles. The Bertz CT molecular complexity index is 144. The summed E-state index contributed by atoms with van der Waals surface area (Å²) in [6.45, 7) is 0. The Morgan fingerprint density at radius 3 is 0.909 bits per heavy atom. The Morgan fingerprint density at radius 1 is 0.545 bits per heavy atom. The Hall–Kier alpha value is -0.378. The van der Waals surface area contributed by atoms with E-state index in [0.29, 0.717) is 0 Å². The van der Waals surface area contributed by atoms with Crippen molar-refractivity contribution in [2.75, 3.05) is 0 Å². The maximum absolute atomic E-state index is 2.00. The van der Waals surface area contributed by atoms with Crippen molar-refractivity contribution in [1.29, 1.82) is 0 Å². The second kappa shape index (κ2) is 7.73. The summed E-state index contributed by atoms with van der Waals surface area (Å²) in [6, 6.07) is 20.0. The van der Waals surface area contributed by atoms with Crippen molar-refractivity contribution in [3.8, 4) is 0 Å². The summed E-state index contributed by atoms with van der Waals surface area (Å²) in [5, 5.41) is 0. The summed E-state index contributed by atoms with van der Waals surface area (Å²) in [4.78, 5) is 0. The molecule has 0 amide bonds. The molecule has 54 valence electrons. The fourth-order valence-electron chi connectivity index (χ4n) is 0.642. The van der Waals surface area contributed by atoms with Gasteiger partial charge in [-0.15, -0.1) is 0 Å². The van der Waals surface area contributed by atoms with Crippen LogP contribution in [-0.4, -0.2) is 27.3 Å². The summed E-state index contributed by atoms with van der Waals surface area (Å²) in [7, 11) is 0. The standard InChI is InChI=1S/2C5H5.Pb/c2*1-2-4-5-3-1;/h2*1-5H;/q2*-1;+2. The van der Waals surface area contributed by atoms with E-state index in [1.54, 1.807) is 0 Å². The number of hydrogen-bond donors (Lipinski definition) is 0. The van der Waals surface area contributed by atoms with Gasteiger partial charge in [-0.3, -0.25) is 0 Å². The summed E-state index contributed by atoms with van der Waals surface area (Å²) in [5.41, 5.74) is 0. The number of rotatable bonds is 0. The zero-order valence-corrected chi connectivity index (χ0v) is 10.2. The van der Waals surface area contributed by atoms with Crippen LogP contribution in [0.1, 0.15) is 0 Å². The van der Waals surface area contributed by atoms with Gasteiger partial charge in [-0.2, -0.15) is 36.4 Å². The van der Waals surface area contributed by atoms with Crippen LogP contribution < -0.4 is 0 Å². The maximum Gasteiger partial charge on any atom is 2.00 e. The molecule has 0 N–H and O–H groups in total. The van der Waals surface area contributed by atoms with Gasteiger partial charge in [0.05, 0.1) is 0 Å². The molecule has 0 heterocycles. The van der Waals surface area contributed by atoms with Gasteiger partial charge in [0.2, 0.25) is 0 Å². The Balaban J connectivity index is 0.000000167. The van der Waals surface area contributed by atoms with E-state index in [-0.39, 0.29) is 27.3 Å². The van der Waals surface area contributed by atoms with Crippen LogP contribution in [0.25, 0.3) is 0 Å². The van der Waals surface area contributed by atoms with E-state index in [0.717, 1.165) is 0 Å². The van der Waals surface area contributed by atoms with Crippen molar-refractivity contribution >= 4 is 27.3 Å². The smallest absolute Gasteiger partial charge is 0.214 e. The molecule has 0 bridgehead atoms. The van der Waals surface area contributed by atoms with Crippen LogP contribution in [0.5, 0.6) is 0 Å². The van der Waals surface area contributed by atoms with Crippen LogP contribution in [0.2, 0.25) is 0 Å². The molecule has 0 nitrogen and oxygen atoms in total. The molecule has 0 aliphatic heterocycles. The minimum Gasteiger partial charge on any atom is -0.214 e. The molecule has 0 saturated heterocycles. The molecule has 0 atom stereocenters. The molecule has 0 aliphatic rings. The largest absolute Gasteiger partial charge is 2.00 e. The van der Waals surface area contributed by atoms with E-state index in [9.17, 15) is 0 Å². The second-order valence-corrected chi connectivity index (χ2v) is 1.92.